The summed E-state index contributed by atoms with van der Waals surface area (Å²) in [6.07, 6.45) is 2.27. The highest BCUT2D eigenvalue weighted by Gasteiger charge is 2.57. The van der Waals surface area contributed by atoms with E-state index >= 15 is 0 Å². The number of benzene rings is 1. The fourth-order valence-corrected chi connectivity index (χ4v) is 5.44. The molecule has 6 nitrogen and oxygen atoms in total. The molecule has 2 fully saturated rings. The van der Waals surface area contributed by atoms with Crippen LogP contribution in [0.3, 0.4) is 0 Å². The predicted molar refractivity (Wildman–Crippen MR) is 127 cm³/mol. The van der Waals surface area contributed by atoms with E-state index in [0.29, 0.717) is 25.3 Å². The first-order valence-corrected chi connectivity index (χ1v) is 12.4. The lowest BCUT2D eigenvalue weighted by atomic mass is 9.85. The Morgan fingerprint density at radius 2 is 1.88 bits per heavy atom. The molecule has 0 saturated carbocycles. The van der Waals surface area contributed by atoms with E-state index in [1.807, 2.05) is 29.2 Å². The van der Waals surface area contributed by atoms with Gasteiger partial charge in [0.1, 0.15) is 11.3 Å². The number of nitrogens with zero attached hydrogens (tertiary/aromatic N) is 3. The fraction of sp³-hybridized carbons (Fsp3) is 0.520. The summed E-state index contributed by atoms with van der Waals surface area (Å²) in [5, 5.41) is 4.28. The van der Waals surface area contributed by atoms with Crippen molar-refractivity contribution >= 4 is 23.3 Å². The maximum absolute atomic E-state index is 13.7. The number of likely N-dealkylation sites (tertiary alicyclic amines) is 1. The number of thiophene rings is 1. The summed E-state index contributed by atoms with van der Waals surface area (Å²) in [5.41, 5.74) is 1.51. The monoisotopic (exact) mass is 455 g/mol. The molecule has 1 aromatic carbocycles. The third-order valence-corrected chi connectivity index (χ3v) is 7.43. The number of ether oxygens (including phenoxy) is 1. The number of carbonyl (C=O) groups excluding carboxylic acids is 2. The van der Waals surface area contributed by atoms with Gasteiger partial charge in [-0.25, -0.2) is 4.79 Å². The maximum Gasteiger partial charge on any atom is 0.327 e. The highest BCUT2D eigenvalue weighted by Crippen LogP contribution is 2.39. The lowest BCUT2D eigenvalue weighted by Gasteiger charge is -2.42. The third kappa shape index (κ3) is 4.55. The molecule has 2 aliphatic heterocycles. The van der Waals surface area contributed by atoms with E-state index in [9.17, 15) is 9.59 Å². The Kier molecular flexibility index (Phi) is 6.86. The smallest absolute Gasteiger partial charge is 0.327 e. The molecule has 4 rings (SSSR count). The van der Waals surface area contributed by atoms with Crippen LogP contribution in [0.15, 0.2) is 41.1 Å². The molecule has 7 heteroatoms. The largest absolute Gasteiger partial charge is 0.497 e. The number of imide groups is 1. The number of hydrogen-bond donors (Lipinski definition) is 0. The first-order valence-electron chi connectivity index (χ1n) is 11.4. The lowest BCUT2D eigenvalue weighted by molar-refractivity contribution is -0.136. The highest BCUT2D eigenvalue weighted by atomic mass is 32.1. The molecule has 0 atom stereocenters. The van der Waals surface area contributed by atoms with Gasteiger partial charge in [-0.1, -0.05) is 26.0 Å². The molecular weight excluding hydrogens is 422 g/mol. The zero-order chi connectivity index (χ0) is 22.7. The molecule has 2 saturated heterocycles. The molecule has 0 unspecified atom stereocenters. The van der Waals surface area contributed by atoms with Crippen molar-refractivity contribution in [3.8, 4) is 5.75 Å². The molecule has 0 aliphatic carbocycles. The van der Waals surface area contributed by atoms with Crippen LogP contribution >= 0.6 is 11.3 Å². The van der Waals surface area contributed by atoms with Crippen LogP contribution in [-0.2, 0) is 17.9 Å². The van der Waals surface area contributed by atoms with Crippen molar-refractivity contribution in [2.45, 2.75) is 51.7 Å². The van der Waals surface area contributed by atoms with Gasteiger partial charge in [0.25, 0.3) is 5.91 Å². The van der Waals surface area contributed by atoms with Gasteiger partial charge in [0.15, 0.2) is 0 Å². The average Bonchev–Trinajstić information content (AvgIpc) is 3.36. The standard InChI is InChI=1S/C25H33N3O3S/c1-19(2)7-11-28-24(30)27(17-20-5-4-6-22(15-20)31-3)23(29)25(28)9-12-26(13-10-25)16-21-8-14-32-18-21/h4-6,8,14-15,18-19H,7,9-13,16-17H2,1-3H3. The molecule has 1 aromatic heterocycles. The minimum Gasteiger partial charge on any atom is -0.497 e. The van der Waals surface area contributed by atoms with Gasteiger partial charge in [-0.05, 0) is 65.3 Å². The van der Waals surface area contributed by atoms with Crippen molar-refractivity contribution in [2.24, 2.45) is 5.92 Å². The highest BCUT2D eigenvalue weighted by molar-refractivity contribution is 7.07. The van der Waals surface area contributed by atoms with E-state index in [0.717, 1.165) is 37.4 Å². The molecule has 3 amide bonds. The molecule has 0 bridgehead atoms. The second kappa shape index (κ2) is 9.63. The maximum atomic E-state index is 13.7. The number of carbonyl (C=O) groups is 2. The summed E-state index contributed by atoms with van der Waals surface area (Å²) in [7, 11) is 1.62. The number of methoxy groups -OCH3 is 1. The van der Waals surface area contributed by atoms with Crippen LogP contribution in [0.2, 0.25) is 0 Å². The van der Waals surface area contributed by atoms with Gasteiger partial charge < -0.3 is 9.64 Å². The first kappa shape index (κ1) is 22.8. The molecule has 32 heavy (non-hydrogen) atoms. The number of hydrogen-bond acceptors (Lipinski definition) is 5. The van der Waals surface area contributed by atoms with Gasteiger partial charge in [-0.15, -0.1) is 0 Å². The van der Waals surface area contributed by atoms with Gasteiger partial charge in [0, 0.05) is 26.2 Å². The quantitative estimate of drug-likeness (QED) is 0.546. The molecule has 2 aromatic rings. The topological polar surface area (TPSA) is 53.1 Å². The summed E-state index contributed by atoms with van der Waals surface area (Å²) in [5.74, 6) is 1.17. The van der Waals surface area contributed by atoms with Gasteiger partial charge in [0.05, 0.1) is 13.7 Å². The molecule has 3 heterocycles. The van der Waals surface area contributed by atoms with Crippen LogP contribution in [0, 0.1) is 5.92 Å². The van der Waals surface area contributed by atoms with Crippen LogP contribution in [0.1, 0.15) is 44.2 Å². The van der Waals surface area contributed by atoms with Crippen molar-refractivity contribution in [2.75, 3.05) is 26.7 Å². The molecular formula is C25H33N3O3S. The Balaban J connectivity index is 1.53. The van der Waals surface area contributed by atoms with Gasteiger partial charge in [-0.2, -0.15) is 11.3 Å². The van der Waals surface area contributed by atoms with Crippen molar-refractivity contribution in [1.82, 2.24) is 14.7 Å². The normalized spacial score (nSPS) is 18.9. The van der Waals surface area contributed by atoms with E-state index in [2.05, 4.69) is 35.6 Å². The van der Waals surface area contributed by atoms with Crippen molar-refractivity contribution in [3.05, 3.63) is 52.2 Å². The fourth-order valence-electron chi connectivity index (χ4n) is 4.78. The Morgan fingerprint density at radius 3 is 2.53 bits per heavy atom. The second-order valence-corrected chi connectivity index (χ2v) is 10.1. The SMILES string of the molecule is COc1cccc(CN2C(=O)N(CCC(C)C)C3(CCN(Cc4ccsc4)CC3)C2=O)c1. The Hall–Kier alpha value is -2.38. The lowest BCUT2D eigenvalue weighted by Crippen LogP contribution is -2.56. The van der Waals surface area contributed by atoms with Gasteiger partial charge >= 0.3 is 6.03 Å². The zero-order valence-electron chi connectivity index (χ0n) is 19.3. The van der Waals surface area contributed by atoms with Crippen LogP contribution in [0.5, 0.6) is 5.75 Å². The summed E-state index contributed by atoms with van der Waals surface area (Å²) >= 11 is 1.71. The van der Waals surface area contributed by atoms with Crippen molar-refractivity contribution in [3.63, 3.8) is 0 Å². The Bertz CT molecular complexity index is 936. The van der Waals surface area contributed by atoms with Gasteiger partial charge in [0.2, 0.25) is 0 Å². The third-order valence-electron chi connectivity index (χ3n) is 6.70. The van der Waals surface area contributed by atoms with Crippen molar-refractivity contribution in [1.29, 1.82) is 0 Å². The van der Waals surface area contributed by atoms with E-state index in [1.165, 1.54) is 10.5 Å². The van der Waals surface area contributed by atoms with Crippen LogP contribution < -0.4 is 4.74 Å². The van der Waals surface area contributed by atoms with E-state index < -0.39 is 5.54 Å². The van der Waals surface area contributed by atoms with Crippen LogP contribution in [0.25, 0.3) is 0 Å². The van der Waals surface area contributed by atoms with E-state index in [4.69, 9.17) is 4.74 Å². The molecule has 1 spiro atoms. The van der Waals surface area contributed by atoms with E-state index in [1.54, 1.807) is 18.4 Å². The van der Waals surface area contributed by atoms with E-state index in [-0.39, 0.29) is 18.5 Å². The number of amides is 3. The molecule has 172 valence electrons. The van der Waals surface area contributed by atoms with Crippen molar-refractivity contribution < 1.29 is 14.3 Å². The minimum absolute atomic E-state index is 0.0377. The molecule has 0 N–H and O–H groups in total. The average molecular weight is 456 g/mol. The summed E-state index contributed by atoms with van der Waals surface area (Å²) in [6, 6.07) is 9.61. The van der Waals surface area contributed by atoms with Gasteiger partial charge in [-0.3, -0.25) is 14.6 Å². The number of rotatable bonds is 8. The first-order chi connectivity index (χ1) is 15.4. The second-order valence-electron chi connectivity index (χ2n) is 9.30. The minimum atomic E-state index is -0.712. The molecule has 0 radical (unpaired) electrons. The number of piperidine rings is 1. The molecule has 2 aliphatic rings. The van der Waals surface area contributed by atoms with Crippen LogP contribution in [0.4, 0.5) is 4.79 Å². The Morgan fingerprint density at radius 1 is 1.09 bits per heavy atom. The van der Waals surface area contributed by atoms with Crippen LogP contribution in [-0.4, -0.2) is 58.9 Å². The zero-order valence-corrected chi connectivity index (χ0v) is 20.1. The number of urea groups is 1. The summed E-state index contributed by atoms with van der Waals surface area (Å²) in [4.78, 5) is 33.0. The Labute approximate surface area is 194 Å². The predicted octanol–water partition coefficient (Wildman–Crippen LogP) is 4.60. The summed E-state index contributed by atoms with van der Waals surface area (Å²) in [6.45, 7) is 7.77. The summed E-state index contributed by atoms with van der Waals surface area (Å²) < 4.78 is 5.32.